The SMILES string of the molecule is Cc1cc(C)n(CC(C)CNC(=O)c2ccc[nH]c2=S)n1. The Balaban J connectivity index is 1.91. The van der Waals surface area contributed by atoms with Crippen LogP contribution >= 0.6 is 12.2 Å². The summed E-state index contributed by atoms with van der Waals surface area (Å²) < 4.78 is 2.43. The van der Waals surface area contributed by atoms with Crippen molar-refractivity contribution in [3.8, 4) is 0 Å². The van der Waals surface area contributed by atoms with Crippen molar-refractivity contribution in [3.05, 3.63) is 46.0 Å². The first kappa shape index (κ1) is 15.4. The van der Waals surface area contributed by atoms with E-state index in [1.807, 2.05) is 18.5 Å². The van der Waals surface area contributed by atoms with Crippen LogP contribution in [0.2, 0.25) is 0 Å². The average Bonchev–Trinajstić information content (AvgIpc) is 2.74. The summed E-state index contributed by atoms with van der Waals surface area (Å²) >= 11 is 5.10. The van der Waals surface area contributed by atoms with Gasteiger partial charge in [-0.3, -0.25) is 9.48 Å². The molecule has 1 atom stereocenters. The van der Waals surface area contributed by atoms with Gasteiger partial charge in [0.2, 0.25) is 0 Å². The van der Waals surface area contributed by atoms with Crippen LogP contribution in [0.1, 0.15) is 28.7 Å². The maximum Gasteiger partial charge on any atom is 0.254 e. The van der Waals surface area contributed by atoms with E-state index in [4.69, 9.17) is 12.2 Å². The second-order valence-corrected chi connectivity index (χ2v) is 5.75. The van der Waals surface area contributed by atoms with E-state index < -0.39 is 0 Å². The summed E-state index contributed by atoms with van der Waals surface area (Å²) in [5.74, 6) is 0.144. The van der Waals surface area contributed by atoms with Crippen molar-refractivity contribution >= 4 is 18.1 Å². The number of rotatable bonds is 5. The molecular weight excluding hydrogens is 284 g/mol. The molecule has 2 aromatic rings. The summed E-state index contributed by atoms with van der Waals surface area (Å²) in [6.45, 7) is 7.46. The van der Waals surface area contributed by atoms with Gasteiger partial charge in [-0.25, -0.2) is 0 Å². The van der Waals surface area contributed by atoms with Crippen molar-refractivity contribution in [2.75, 3.05) is 6.54 Å². The Bertz CT molecular complexity index is 689. The lowest BCUT2D eigenvalue weighted by Crippen LogP contribution is -2.30. The van der Waals surface area contributed by atoms with Crippen LogP contribution in [-0.2, 0) is 6.54 Å². The van der Waals surface area contributed by atoms with Gasteiger partial charge in [0.1, 0.15) is 4.64 Å². The Morgan fingerprint density at radius 2 is 2.29 bits per heavy atom. The van der Waals surface area contributed by atoms with Crippen LogP contribution in [0.4, 0.5) is 0 Å². The third kappa shape index (κ3) is 4.01. The zero-order chi connectivity index (χ0) is 15.4. The molecule has 0 aromatic carbocycles. The molecule has 21 heavy (non-hydrogen) atoms. The van der Waals surface area contributed by atoms with Gasteiger partial charge in [0.25, 0.3) is 5.91 Å². The molecule has 5 nitrogen and oxygen atoms in total. The Kier molecular flexibility index (Phi) is 4.90. The number of pyridine rings is 1. The fraction of sp³-hybridized carbons (Fsp3) is 0.400. The highest BCUT2D eigenvalue weighted by atomic mass is 32.1. The van der Waals surface area contributed by atoms with Gasteiger partial charge in [-0.1, -0.05) is 19.1 Å². The maximum absolute atomic E-state index is 12.1. The molecule has 0 radical (unpaired) electrons. The molecule has 0 bridgehead atoms. The number of nitrogens with zero attached hydrogens (tertiary/aromatic N) is 2. The van der Waals surface area contributed by atoms with Crippen LogP contribution in [0, 0.1) is 24.4 Å². The van der Waals surface area contributed by atoms with Crippen LogP contribution in [0.25, 0.3) is 0 Å². The van der Waals surface area contributed by atoms with E-state index in [9.17, 15) is 4.79 Å². The molecular formula is C15H20N4OS. The van der Waals surface area contributed by atoms with Crippen molar-refractivity contribution in [1.82, 2.24) is 20.1 Å². The van der Waals surface area contributed by atoms with Gasteiger partial charge < -0.3 is 10.3 Å². The van der Waals surface area contributed by atoms with E-state index in [1.165, 1.54) is 0 Å². The van der Waals surface area contributed by atoms with E-state index in [1.54, 1.807) is 18.3 Å². The number of carbonyl (C=O) groups excluding carboxylic acids is 1. The molecule has 2 aromatic heterocycles. The minimum absolute atomic E-state index is 0.142. The highest BCUT2D eigenvalue weighted by molar-refractivity contribution is 7.71. The van der Waals surface area contributed by atoms with Gasteiger partial charge in [0.05, 0.1) is 11.3 Å². The highest BCUT2D eigenvalue weighted by Crippen LogP contribution is 2.06. The van der Waals surface area contributed by atoms with E-state index >= 15 is 0 Å². The first-order chi connectivity index (χ1) is 9.97. The number of nitrogens with one attached hydrogen (secondary N) is 2. The molecule has 0 saturated carbocycles. The van der Waals surface area contributed by atoms with Crippen molar-refractivity contribution in [3.63, 3.8) is 0 Å². The topological polar surface area (TPSA) is 62.7 Å². The van der Waals surface area contributed by atoms with Crippen LogP contribution in [0.15, 0.2) is 24.4 Å². The first-order valence-corrected chi connectivity index (χ1v) is 7.35. The molecule has 0 fully saturated rings. The molecule has 2 N–H and O–H groups in total. The number of carbonyl (C=O) groups is 1. The van der Waals surface area contributed by atoms with Gasteiger partial charge in [-0.2, -0.15) is 5.10 Å². The van der Waals surface area contributed by atoms with Gasteiger partial charge in [-0.15, -0.1) is 0 Å². The summed E-state index contributed by atoms with van der Waals surface area (Å²) in [6, 6.07) is 5.54. The largest absolute Gasteiger partial charge is 0.352 e. The zero-order valence-corrected chi connectivity index (χ0v) is 13.3. The summed E-state index contributed by atoms with van der Waals surface area (Å²) in [7, 11) is 0. The number of hydrogen-bond acceptors (Lipinski definition) is 3. The van der Waals surface area contributed by atoms with Crippen molar-refractivity contribution < 1.29 is 4.79 Å². The van der Waals surface area contributed by atoms with E-state index in [2.05, 4.69) is 28.4 Å². The van der Waals surface area contributed by atoms with Crippen LogP contribution in [0.5, 0.6) is 0 Å². The number of hydrogen-bond donors (Lipinski definition) is 2. The summed E-state index contributed by atoms with van der Waals surface area (Å²) in [6.07, 6.45) is 1.71. The Hall–Kier alpha value is -1.95. The quantitative estimate of drug-likeness (QED) is 0.835. The third-order valence-corrected chi connectivity index (χ3v) is 3.60. The third-order valence-electron chi connectivity index (χ3n) is 3.26. The average molecular weight is 304 g/mol. The standard InChI is InChI=1S/C15H20N4OS/c1-10(9-19-12(3)7-11(2)18-19)8-17-14(20)13-5-4-6-16-15(13)21/h4-7,10H,8-9H2,1-3H3,(H,16,21)(H,17,20). The summed E-state index contributed by atoms with van der Waals surface area (Å²) in [4.78, 5) is 14.9. The lowest BCUT2D eigenvalue weighted by atomic mass is 10.1. The smallest absolute Gasteiger partial charge is 0.254 e. The minimum atomic E-state index is -0.142. The second kappa shape index (κ2) is 6.67. The number of H-pyrrole nitrogens is 1. The fourth-order valence-electron chi connectivity index (χ4n) is 2.18. The number of aryl methyl sites for hydroxylation is 2. The Morgan fingerprint density at radius 3 is 2.90 bits per heavy atom. The second-order valence-electron chi connectivity index (χ2n) is 5.34. The molecule has 2 rings (SSSR count). The molecule has 0 aliphatic rings. The van der Waals surface area contributed by atoms with E-state index in [0.717, 1.165) is 17.9 Å². The zero-order valence-electron chi connectivity index (χ0n) is 12.5. The van der Waals surface area contributed by atoms with E-state index in [-0.39, 0.29) is 11.8 Å². The summed E-state index contributed by atoms with van der Waals surface area (Å²) in [5, 5.41) is 7.35. The minimum Gasteiger partial charge on any atom is -0.352 e. The molecule has 0 aliphatic carbocycles. The van der Waals surface area contributed by atoms with Gasteiger partial charge >= 0.3 is 0 Å². The normalized spacial score (nSPS) is 12.1. The molecule has 0 saturated heterocycles. The molecule has 1 amide bonds. The molecule has 112 valence electrons. The van der Waals surface area contributed by atoms with Gasteiger partial charge in [-0.05, 0) is 38.0 Å². The molecule has 0 spiro atoms. The van der Waals surface area contributed by atoms with Crippen LogP contribution in [0.3, 0.4) is 0 Å². The predicted octanol–water partition coefficient (Wildman–Crippen LogP) is 2.62. The molecule has 2 heterocycles. The van der Waals surface area contributed by atoms with Gasteiger partial charge in [0, 0.05) is 25.0 Å². The predicted molar refractivity (Wildman–Crippen MR) is 84.8 cm³/mol. The number of aromatic amines is 1. The van der Waals surface area contributed by atoms with E-state index in [0.29, 0.717) is 16.7 Å². The van der Waals surface area contributed by atoms with Crippen molar-refractivity contribution in [1.29, 1.82) is 0 Å². The lowest BCUT2D eigenvalue weighted by Gasteiger charge is -2.14. The van der Waals surface area contributed by atoms with Crippen LogP contribution in [-0.4, -0.2) is 27.2 Å². The maximum atomic E-state index is 12.1. The van der Waals surface area contributed by atoms with Crippen molar-refractivity contribution in [2.24, 2.45) is 5.92 Å². The highest BCUT2D eigenvalue weighted by Gasteiger charge is 2.11. The van der Waals surface area contributed by atoms with Crippen molar-refractivity contribution in [2.45, 2.75) is 27.3 Å². The van der Waals surface area contributed by atoms with Crippen LogP contribution < -0.4 is 5.32 Å². The fourth-order valence-corrected chi connectivity index (χ4v) is 2.41. The number of aromatic nitrogens is 3. The Labute approximate surface area is 129 Å². The Morgan fingerprint density at radius 1 is 1.52 bits per heavy atom. The molecule has 1 unspecified atom stereocenters. The first-order valence-electron chi connectivity index (χ1n) is 6.94. The molecule has 0 aliphatic heterocycles. The molecule has 6 heteroatoms. The summed E-state index contributed by atoms with van der Waals surface area (Å²) in [5.41, 5.74) is 2.65. The number of amides is 1. The monoisotopic (exact) mass is 304 g/mol. The lowest BCUT2D eigenvalue weighted by molar-refractivity contribution is 0.0945. The van der Waals surface area contributed by atoms with Gasteiger partial charge in [0.15, 0.2) is 0 Å².